The van der Waals surface area contributed by atoms with E-state index < -0.39 is 29.5 Å². The van der Waals surface area contributed by atoms with Crippen LogP contribution in [0.1, 0.15) is 41.8 Å². The second-order valence-corrected chi connectivity index (χ2v) is 5.67. The Morgan fingerprint density at radius 2 is 1.75 bits per heavy atom. The standard InChI is InChI=1S/C18H15ClF2O3/c1-11(12-2-4-13(19)5-3-12)24-18(23)9-8-17(22)15-7-6-14(20)10-16(15)21/h2-7,10-11H,8-9H2,1H3. The fourth-order valence-corrected chi connectivity index (χ4v) is 2.25. The van der Waals surface area contributed by atoms with E-state index in [0.717, 1.165) is 17.7 Å². The average Bonchev–Trinajstić information content (AvgIpc) is 2.53. The minimum absolute atomic E-state index is 0.187. The highest BCUT2D eigenvalue weighted by Crippen LogP contribution is 2.20. The van der Waals surface area contributed by atoms with Crippen molar-refractivity contribution in [2.45, 2.75) is 25.9 Å². The molecule has 0 saturated carbocycles. The zero-order valence-electron chi connectivity index (χ0n) is 12.9. The topological polar surface area (TPSA) is 43.4 Å². The van der Waals surface area contributed by atoms with E-state index in [1.807, 2.05) is 0 Å². The van der Waals surface area contributed by atoms with Gasteiger partial charge in [0.1, 0.15) is 17.7 Å². The summed E-state index contributed by atoms with van der Waals surface area (Å²) in [7, 11) is 0. The molecule has 24 heavy (non-hydrogen) atoms. The Kier molecular flexibility index (Phi) is 6.04. The number of rotatable bonds is 6. The number of carbonyl (C=O) groups excluding carboxylic acids is 2. The lowest BCUT2D eigenvalue weighted by Crippen LogP contribution is -2.11. The SMILES string of the molecule is CC(OC(=O)CCC(=O)c1ccc(F)cc1F)c1ccc(Cl)cc1. The van der Waals surface area contributed by atoms with Crippen molar-refractivity contribution in [2.24, 2.45) is 0 Å². The molecule has 3 nitrogen and oxygen atoms in total. The van der Waals surface area contributed by atoms with E-state index in [9.17, 15) is 18.4 Å². The minimum atomic E-state index is -0.942. The smallest absolute Gasteiger partial charge is 0.306 e. The van der Waals surface area contributed by atoms with Crippen molar-refractivity contribution in [1.82, 2.24) is 0 Å². The van der Waals surface area contributed by atoms with Gasteiger partial charge in [-0.25, -0.2) is 8.78 Å². The van der Waals surface area contributed by atoms with Gasteiger partial charge in [-0.05, 0) is 36.8 Å². The highest BCUT2D eigenvalue weighted by atomic mass is 35.5. The van der Waals surface area contributed by atoms with Gasteiger partial charge in [0, 0.05) is 17.5 Å². The molecule has 0 aliphatic rings. The number of Topliss-reactive ketones (excluding diaryl/α,β-unsaturated/α-hetero) is 1. The third kappa shape index (κ3) is 4.86. The Hall–Kier alpha value is -2.27. The molecule has 1 atom stereocenters. The van der Waals surface area contributed by atoms with Gasteiger partial charge >= 0.3 is 5.97 Å². The summed E-state index contributed by atoms with van der Waals surface area (Å²) in [5, 5.41) is 0.573. The van der Waals surface area contributed by atoms with Crippen LogP contribution >= 0.6 is 11.6 Å². The zero-order valence-corrected chi connectivity index (χ0v) is 13.6. The summed E-state index contributed by atoms with van der Waals surface area (Å²) in [5.41, 5.74) is 0.526. The number of benzene rings is 2. The molecule has 0 radical (unpaired) electrons. The van der Waals surface area contributed by atoms with Gasteiger partial charge in [-0.3, -0.25) is 9.59 Å². The van der Waals surface area contributed by atoms with Crippen LogP contribution in [0.25, 0.3) is 0 Å². The Balaban J connectivity index is 1.88. The van der Waals surface area contributed by atoms with Crippen LogP contribution in [0.15, 0.2) is 42.5 Å². The van der Waals surface area contributed by atoms with Gasteiger partial charge in [0.05, 0.1) is 12.0 Å². The highest BCUT2D eigenvalue weighted by Gasteiger charge is 2.16. The number of halogens is 3. The number of hydrogen-bond acceptors (Lipinski definition) is 3. The molecule has 2 aromatic rings. The lowest BCUT2D eigenvalue weighted by Gasteiger charge is -2.13. The zero-order chi connectivity index (χ0) is 17.7. The highest BCUT2D eigenvalue weighted by molar-refractivity contribution is 6.30. The lowest BCUT2D eigenvalue weighted by atomic mass is 10.1. The normalized spacial score (nSPS) is 11.8. The van der Waals surface area contributed by atoms with Crippen LogP contribution in [-0.4, -0.2) is 11.8 Å². The van der Waals surface area contributed by atoms with E-state index in [1.54, 1.807) is 31.2 Å². The first-order valence-corrected chi connectivity index (χ1v) is 7.68. The Labute approximate surface area is 143 Å². The molecule has 2 rings (SSSR count). The van der Waals surface area contributed by atoms with Gasteiger partial charge in [0.25, 0.3) is 0 Å². The van der Waals surface area contributed by atoms with Gasteiger partial charge in [-0.2, -0.15) is 0 Å². The summed E-state index contributed by atoms with van der Waals surface area (Å²) in [4.78, 5) is 23.7. The molecule has 0 aliphatic carbocycles. The van der Waals surface area contributed by atoms with E-state index in [0.29, 0.717) is 11.1 Å². The fourth-order valence-electron chi connectivity index (χ4n) is 2.12. The monoisotopic (exact) mass is 352 g/mol. The quantitative estimate of drug-likeness (QED) is 0.549. The molecule has 0 heterocycles. The molecule has 0 spiro atoms. The summed E-state index contributed by atoms with van der Waals surface area (Å²) < 4.78 is 31.5. The van der Waals surface area contributed by atoms with Gasteiger partial charge in [-0.1, -0.05) is 23.7 Å². The van der Waals surface area contributed by atoms with Crippen molar-refractivity contribution in [3.63, 3.8) is 0 Å². The third-order valence-corrected chi connectivity index (χ3v) is 3.69. The number of hydrogen-bond donors (Lipinski definition) is 0. The van der Waals surface area contributed by atoms with Crippen molar-refractivity contribution >= 4 is 23.4 Å². The van der Waals surface area contributed by atoms with Crippen LogP contribution in [-0.2, 0) is 9.53 Å². The van der Waals surface area contributed by atoms with Gasteiger partial charge in [0.15, 0.2) is 5.78 Å². The number of carbonyl (C=O) groups is 2. The van der Waals surface area contributed by atoms with Gasteiger partial charge in [0.2, 0.25) is 0 Å². The van der Waals surface area contributed by atoms with Crippen LogP contribution in [0.4, 0.5) is 8.78 Å². The van der Waals surface area contributed by atoms with Crippen LogP contribution < -0.4 is 0 Å². The molecule has 0 aromatic heterocycles. The van der Waals surface area contributed by atoms with E-state index in [4.69, 9.17) is 16.3 Å². The van der Waals surface area contributed by atoms with Gasteiger partial charge in [-0.15, -0.1) is 0 Å². The summed E-state index contributed by atoms with van der Waals surface area (Å²) in [6, 6.07) is 9.53. The molecule has 126 valence electrons. The van der Waals surface area contributed by atoms with Gasteiger partial charge < -0.3 is 4.74 Å². The van der Waals surface area contributed by atoms with Crippen LogP contribution in [0.5, 0.6) is 0 Å². The summed E-state index contributed by atoms with van der Waals surface area (Å²) >= 11 is 5.79. The van der Waals surface area contributed by atoms with Crippen molar-refractivity contribution < 1.29 is 23.1 Å². The van der Waals surface area contributed by atoms with Crippen molar-refractivity contribution in [3.05, 3.63) is 70.2 Å². The third-order valence-electron chi connectivity index (χ3n) is 3.44. The number of ketones is 1. The molecule has 6 heteroatoms. The average molecular weight is 353 g/mol. The molecule has 0 fully saturated rings. The Morgan fingerprint density at radius 3 is 2.38 bits per heavy atom. The van der Waals surface area contributed by atoms with Crippen molar-refractivity contribution in [3.8, 4) is 0 Å². The lowest BCUT2D eigenvalue weighted by molar-refractivity contribution is -0.148. The second-order valence-electron chi connectivity index (χ2n) is 5.23. The molecular weight excluding hydrogens is 338 g/mol. The second kappa shape index (κ2) is 8.02. The van der Waals surface area contributed by atoms with Crippen LogP contribution in [0.2, 0.25) is 5.02 Å². The predicted molar refractivity (Wildman–Crippen MR) is 85.9 cm³/mol. The Bertz CT molecular complexity index is 744. The predicted octanol–water partition coefficient (Wildman–Crippen LogP) is 4.89. The Morgan fingerprint density at radius 1 is 1.08 bits per heavy atom. The van der Waals surface area contributed by atoms with E-state index >= 15 is 0 Å². The maximum Gasteiger partial charge on any atom is 0.306 e. The first-order chi connectivity index (χ1) is 11.4. The van der Waals surface area contributed by atoms with Crippen molar-refractivity contribution in [1.29, 1.82) is 0 Å². The first-order valence-electron chi connectivity index (χ1n) is 7.30. The molecular formula is C18H15ClF2O3. The molecule has 0 saturated heterocycles. The minimum Gasteiger partial charge on any atom is -0.458 e. The summed E-state index contributed by atoms with van der Waals surface area (Å²) in [5.74, 6) is -2.86. The number of esters is 1. The molecule has 2 aromatic carbocycles. The first kappa shape index (κ1) is 18.1. The maximum absolute atomic E-state index is 13.5. The van der Waals surface area contributed by atoms with Crippen LogP contribution in [0.3, 0.4) is 0 Å². The van der Waals surface area contributed by atoms with E-state index in [-0.39, 0.29) is 18.4 Å². The fraction of sp³-hybridized carbons (Fsp3) is 0.222. The number of ether oxygens (including phenoxy) is 1. The largest absolute Gasteiger partial charge is 0.458 e. The molecule has 0 amide bonds. The summed E-state index contributed by atoms with van der Waals surface area (Å²) in [6.07, 6.45) is -0.894. The summed E-state index contributed by atoms with van der Waals surface area (Å²) in [6.45, 7) is 1.70. The molecule has 1 unspecified atom stereocenters. The molecule has 0 bridgehead atoms. The molecule has 0 aliphatic heterocycles. The van der Waals surface area contributed by atoms with Crippen LogP contribution in [0, 0.1) is 11.6 Å². The maximum atomic E-state index is 13.5. The molecule has 0 N–H and O–H groups in total. The van der Waals surface area contributed by atoms with Crippen molar-refractivity contribution in [2.75, 3.05) is 0 Å². The van der Waals surface area contributed by atoms with E-state index in [1.165, 1.54) is 0 Å². The van der Waals surface area contributed by atoms with E-state index in [2.05, 4.69) is 0 Å².